The third kappa shape index (κ3) is 10.8. The van der Waals surface area contributed by atoms with Crippen molar-refractivity contribution in [1.82, 2.24) is 0 Å². The molecule has 0 radical (unpaired) electrons. The first-order valence-corrected chi connectivity index (χ1v) is 38.4. The zero-order chi connectivity index (χ0) is 79.9. The Kier molecular flexibility index (Phi) is 16.8. The summed E-state index contributed by atoms with van der Waals surface area (Å²) in [7, 11) is 0. The van der Waals surface area contributed by atoms with E-state index in [1.807, 2.05) is 216 Å². The number of ether oxygens (including phenoxy) is 2. The average Bonchev–Trinajstić information content (AvgIpc) is 1.51. The minimum atomic E-state index is -1.65. The first-order valence-electron chi connectivity index (χ1n) is 38.4. The van der Waals surface area contributed by atoms with Gasteiger partial charge in [-0.25, -0.2) is 35.1 Å². The lowest BCUT2D eigenvalue weighted by Gasteiger charge is -2.36. The summed E-state index contributed by atoms with van der Waals surface area (Å²) in [4.78, 5) is 3.94. The smallest absolute Gasteiger partial charge is 0.194 e. The van der Waals surface area contributed by atoms with Gasteiger partial charge in [0.2, 0.25) is 0 Å². The highest BCUT2D eigenvalue weighted by atomic mass is 19.2. The summed E-state index contributed by atoms with van der Waals surface area (Å²) in [5.41, 5.74) is 14.6. The molecule has 4 aliphatic rings. The van der Waals surface area contributed by atoms with E-state index in [1.165, 1.54) is 24.3 Å². The van der Waals surface area contributed by atoms with Gasteiger partial charge in [-0.15, -0.1) is 0 Å². The largest absolute Gasteiger partial charge is 0.457 e. The molecule has 0 aliphatic heterocycles. The van der Waals surface area contributed by atoms with Crippen molar-refractivity contribution in [2.24, 2.45) is 0 Å². The van der Waals surface area contributed by atoms with Crippen molar-refractivity contribution in [2.75, 3.05) is 9.80 Å². The standard InChI is InChI=1S/C105H66F8N2O2/c1-5-63-25-39-73(40-26-63)116-75-43-29-65(30-44-75)103(89-51-53-95(106)101(112)99(89)110)85-19-11-7-15-77(85)81-47-35-67(55-91(81)103)114(71-33-23-61(3)97(108)59-71)69-37-49-83-79-17-9-13-21-87(79)105(93(83)57-69)88-22-14-10-18-80(88)84-50-38-70(58-94(84)105)115(72-34-24-62(4)98(109)60-72)68-36-48-82-78-16-8-12-20-86(78)104(92(82)56-68,90-52-54-96(107)102(113)100(90)111)66-31-45-76(46-32-66)117-74-41-27-64(6-2)28-42-74/h5-60H,1-2H2,3-4H3. The fraction of sp³-hybridized carbons (Fsp3) is 0.0476. The lowest BCUT2D eigenvalue weighted by atomic mass is 9.67. The molecule has 564 valence electrons. The van der Waals surface area contributed by atoms with E-state index in [-0.39, 0.29) is 11.1 Å². The van der Waals surface area contributed by atoms with Crippen LogP contribution in [-0.4, -0.2) is 0 Å². The molecule has 0 saturated heterocycles. The highest BCUT2D eigenvalue weighted by molar-refractivity contribution is 5.99. The Bertz CT molecular complexity index is 6430. The van der Waals surface area contributed by atoms with Crippen LogP contribution in [0.4, 0.5) is 69.2 Å². The zero-order valence-electron chi connectivity index (χ0n) is 63.0. The molecule has 0 fully saturated rings. The highest BCUT2D eigenvalue weighted by Crippen LogP contribution is 2.66. The molecule has 20 rings (SSSR count). The monoisotopic (exact) mass is 1540 g/mol. The van der Waals surface area contributed by atoms with Gasteiger partial charge in [0.15, 0.2) is 34.9 Å². The zero-order valence-corrected chi connectivity index (χ0v) is 63.0. The maximum atomic E-state index is 17.6. The molecule has 0 heterocycles. The maximum Gasteiger partial charge on any atom is 0.194 e. The second-order valence-electron chi connectivity index (χ2n) is 30.1. The summed E-state index contributed by atoms with van der Waals surface area (Å²) in [6.45, 7) is 11.1. The summed E-state index contributed by atoms with van der Waals surface area (Å²) >= 11 is 0. The van der Waals surface area contributed by atoms with Crippen LogP contribution in [0, 0.1) is 60.4 Å². The van der Waals surface area contributed by atoms with Crippen LogP contribution >= 0.6 is 0 Å². The van der Waals surface area contributed by atoms with Crippen molar-refractivity contribution >= 4 is 46.3 Å². The highest BCUT2D eigenvalue weighted by Gasteiger charge is 2.54. The molecule has 0 amide bonds. The van der Waals surface area contributed by atoms with Crippen molar-refractivity contribution < 1.29 is 44.6 Å². The van der Waals surface area contributed by atoms with Crippen LogP contribution < -0.4 is 19.3 Å². The maximum absolute atomic E-state index is 17.6. The number of hydrogen-bond acceptors (Lipinski definition) is 4. The van der Waals surface area contributed by atoms with Crippen LogP contribution in [0.1, 0.15) is 89.0 Å². The third-order valence-electron chi connectivity index (χ3n) is 24.1. The van der Waals surface area contributed by atoms with Crippen molar-refractivity contribution in [3.8, 4) is 67.5 Å². The Morgan fingerprint density at radius 3 is 0.812 bits per heavy atom. The Morgan fingerprint density at radius 2 is 0.504 bits per heavy atom. The molecular weight excluding hydrogens is 1470 g/mol. The van der Waals surface area contributed by atoms with E-state index in [1.54, 1.807) is 62.4 Å². The number of nitrogens with zero attached hydrogens (tertiary/aromatic N) is 2. The van der Waals surface area contributed by atoms with E-state index in [0.717, 1.165) is 78.9 Å². The number of aryl methyl sites for hydroxylation is 2. The second-order valence-corrected chi connectivity index (χ2v) is 30.1. The molecule has 0 bridgehead atoms. The van der Waals surface area contributed by atoms with Crippen molar-refractivity contribution in [3.05, 3.63) is 476 Å². The fourth-order valence-corrected chi connectivity index (χ4v) is 18.8. The summed E-state index contributed by atoms with van der Waals surface area (Å²) < 4.78 is 145. The van der Waals surface area contributed by atoms with Gasteiger partial charge in [-0.1, -0.05) is 219 Å². The van der Waals surface area contributed by atoms with Crippen LogP contribution in [0.2, 0.25) is 0 Å². The Balaban J connectivity index is 0.783. The molecule has 2 unspecified atom stereocenters. The van der Waals surface area contributed by atoms with E-state index >= 15 is 35.1 Å². The molecule has 0 saturated carbocycles. The molecule has 16 aromatic rings. The number of fused-ring (bicyclic) bond motifs is 16. The normalized spacial score (nSPS) is 15.9. The molecule has 16 aromatic carbocycles. The summed E-state index contributed by atoms with van der Waals surface area (Å²) in [5.74, 6) is -7.59. The molecule has 1 spiro atoms. The number of hydrogen-bond donors (Lipinski definition) is 0. The number of rotatable bonds is 16. The van der Waals surface area contributed by atoms with Crippen LogP contribution in [0.25, 0.3) is 56.7 Å². The predicted octanol–water partition coefficient (Wildman–Crippen LogP) is 28.3. The van der Waals surface area contributed by atoms with Gasteiger partial charge >= 0.3 is 0 Å². The molecular formula is C105H66F8N2O2. The van der Waals surface area contributed by atoms with Gasteiger partial charge in [0.05, 0.1) is 16.2 Å². The van der Waals surface area contributed by atoms with Crippen molar-refractivity contribution in [2.45, 2.75) is 30.1 Å². The lowest BCUT2D eigenvalue weighted by Crippen LogP contribution is -2.30. The van der Waals surface area contributed by atoms with Crippen LogP contribution in [0.5, 0.6) is 23.0 Å². The van der Waals surface area contributed by atoms with E-state index in [2.05, 4.69) is 61.7 Å². The van der Waals surface area contributed by atoms with Gasteiger partial charge in [0.25, 0.3) is 0 Å². The van der Waals surface area contributed by atoms with Crippen LogP contribution in [0.15, 0.2) is 341 Å². The minimum Gasteiger partial charge on any atom is -0.457 e. The topological polar surface area (TPSA) is 24.9 Å². The first kappa shape index (κ1) is 71.7. The molecule has 12 heteroatoms. The second kappa shape index (κ2) is 27.5. The van der Waals surface area contributed by atoms with Gasteiger partial charge in [-0.05, 0) is 270 Å². The summed E-state index contributed by atoms with van der Waals surface area (Å²) in [6.07, 6.45) is 3.47. The van der Waals surface area contributed by atoms with Crippen molar-refractivity contribution in [1.29, 1.82) is 0 Å². The average molecular weight is 1540 g/mol. The van der Waals surface area contributed by atoms with Gasteiger partial charge < -0.3 is 19.3 Å². The number of anilines is 6. The van der Waals surface area contributed by atoms with E-state index in [4.69, 9.17) is 9.47 Å². The van der Waals surface area contributed by atoms with Gasteiger partial charge in [0.1, 0.15) is 34.6 Å². The molecule has 117 heavy (non-hydrogen) atoms. The fourth-order valence-electron chi connectivity index (χ4n) is 18.8. The van der Waals surface area contributed by atoms with Gasteiger partial charge in [-0.2, -0.15) is 0 Å². The Hall–Kier alpha value is -14.4. The summed E-state index contributed by atoms with van der Waals surface area (Å²) in [6, 6.07) is 99.7. The summed E-state index contributed by atoms with van der Waals surface area (Å²) in [5, 5.41) is 0. The van der Waals surface area contributed by atoms with Gasteiger partial charge in [0, 0.05) is 45.3 Å². The van der Waals surface area contributed by atoms with E-state index < -0.39 is 62.8 Å². The minimum absolute atomic E-state index is 0.140. The van der Waals surface area contributed by atoms with E-state index in [9.17, 15) is 0 Å². The molecule has 4 aliphatic carbocycles. The predicted molar refractivity (Wildman–Crippen MR) is 449 cm³/mol. The third-order valence-corrected chi connectivity index (χ3v) is 24.1. The molecule has 2 atom stereocenters. The van der Waals surface area contributed by atoms with Crippen LogP contribution in [0.3, 0.4) is 0 Å². The number of benzene rings is 16. The Labute approximate surface area is 670 Å². The van der Waals surface area contributed by atoms with Crippen molar-refractivity contribution in [3.63, 3.8) is 0 Å². The quantitative estimate of drug-likeness (QED) is 0.0711. The molecule has 0 N–H and O–H groups in total. The Morgan fingerprint density at radius 1 is 0.239 bits per heavy atom. The first-order chi connectivity index (χ1) is 57.0. The molecule has 4 nitrogen and oxygen atoms in total. The van der Waals surface area contributed by atoms with Gasteiger partial charge in [-0.3, -0.25) is 0 Å². The number of halogens is 8. The molecule has 0 aromatic heterocycles. The SMILES string of the molecule is C=Cc1ccc(Oc2ccc(C3(c4ccc(F)c(F)c4F)c4ccccc4-c4ccc(N(c5ccc(C)c(F)c5)c5ccc6c(c5)C5(c7ccccc7-6)c6ccccc6-c6ccc(N(c7ccc(C)c(F)c7)c7ccc8c(c7)C(c7ccc(Oc9ccc(C=C)cc9)cc7)(c7ccc(F)c(F)c7F)c7ccccc7-8)cc65)cc43)cc2)cc1. The van der Waals surface area contributed by atoms with E-state index in [0.29, 0.717) is 113 Å². The lowest BCUT2D eigenvalue weighted by molar-refractivity contribution is 0.435. The van der Waals surface area contributed by atoms with Crippen LogP contribution in [-0.2, 0) is 16.2 Å².